The first-order chi connectivity index (χ1) is 0. The SMILES string of the molecule is [Au+3].[Au+3].[Cu+2].[Cu+2].[S-2].[S-2].[S-2].[S-2].[S-2]. The molecule has 9 heavy (non-hydrogen) atoms. The quantitative estimate of drug-likeness (QED) is 0.316. The Morgan fingerprint density at radius 3 is 0.333 bits per heavy atom. The molecule has 0 spiro atoms. The molecular weight excluding hydrogens is 681 g/mol. The zero-order valence-corrected chi connectivity index (χ0v) is 13.5. The second-order valence-corrected chi connectivity index (χ2v) is 0. The summed E-state index contributed by atoms with van der Waals surface area (Å²) in [6.45, 7) is 0. The van der Waals surface area contributed by atoms with E-state index in [0.29, 0.717) is 0 Å². The van der Waals surface area contributed by atoms with Crippen molar-refractivity contribution in [2.45, 2.75) is 0 Å². The summed E-state index contributed by atoms with van der Waals surface area (Å²) in [6, 6.07) is 0. The van der Waals surface area contributed by atoms with Crippen LogP contribution in [0.2, 0.25) is 0 Å². The minimum atomic E-state index is 0. The van der Waals surface area contributed by atoms with E-state index in [1.54, 1.807) is 0 Å². The second kappa shape index (κ2) is 85.5. The molecule has 0 nitrogen and oxygen atoms in total. The van der Waals surface area contributed by atoms with Crippen LogP contribution in [0, 0.1) is 0 Å². The third-order valence-corrected chi connectivity index (χ3v) is 0. The molecule has 0 aromatic carbocycles. The molecule has 0 aromatic heterocycles. The average Bonchev–Trinajstić information content (AvgIpc) is 0. The molecule has 0 saturated heterocycles. The minimum absolute atomic E-state index is 0. The van der Waals surface area contributed by atoms with Crippen molar-refractivity contribution in [1.29, 1.82) is 0 Å². The molecule has 0 heterocycles. The Bertz CT molecular complexity index is 12.9. The Morgan fingerprint density at radius 2 is 0.333 bits per heavy atom. The van der Waals surface area contributed by atoms with E-state index in [9.17, 15) is 0 Å². The van der Waals surface area contributed by atoms with Crippen LogP contribution in [0.3, 0.4) is 0 Å². The van der Waals surface area contributed by atoms with Gasteiger partial charge in [0.1, 0.15) is 0 Å². The van der Waals surface area contributed by atoms with Crippen molar-refractivity contribution < 1.29 is 78.9 Å². The van der Waals surface area contributed by atoms with Gasteiger partial charge in [-0.2, -0.15) is 0 Å². The van der Waals surface area contributed by atoms with E-state index in [0.717, 1.165) is 0 Å². The molecule has 0 aliphatic rings. The Hall–Kier alpha value is 4.27. The molecule has 0 bridgehead atoms. The number of hydrogen-bond acceptors (Lipinski definition) is 0. The van der Waals surface area contributed by atoms with Gasteiger partial charge in [-0.3, -0.25) is 0 Å². The minimum Gasteiger partial charge on any atom is -2.00 e. The molecule has 9 heteroatoms. The molecular formula is Au2Cu2S5. The van der Waals surface area contributed by atoms with E-state index in [1.807, 2.05) is 0 Å². The molecule has 74 valence electrons. The van der Waals surface area contributed by atoms with Gasteiger partial charge < -0.3 is 67.5 Å². The third kappa shape index (κ3) is 71.0. The van der Waals surface area contributed by atoms with Crippen LogP contribution >= 0.6 is 0 Å². The Labute approximate surface area is 144 Å². The predicted molar refractivity (Wildman–Crippen MR) is 36.8 cm³/mol. The molecule has 0 saturated carbocycles. The van der Waals surface area contributed by atoms with E-state index in [2.05, 4.69) is 0 Å². The first-order valence-electron chi connectivity index (χ1n) is 0. The van der Waals surface area contributed by atoms with Crippen LogP contribution in [0.25, 0.3) is 0 Å². The van der Waals surface area contributed by atoms with E-state index in [-0.39, 0.29) is 146 Å². The fourth-order valence-electron chi connectivity index (χ4n) is 0. The summed E-state index contributed by atoms with van der Waals surface area (Å²) in [5.41, 5.74) is 0. The summed E-state index contributed by atoms with van der Waals surface area (Å²) < 4.78 is 0. The Morgan fingerprint density at radius 1 is 0.333 bits per heavy atom. The van der Waals surface area contributed by atoms with Crippen LogP contribution < -0.4 is 0 Å². The van der Waals surface area contributed by atoms with Crippen LogP contribution in [-0.2, 0) is 146 Å². The maximum Gasteiger partial charge on any atom is 3.00 e. The van der Waals surface area contributed by atoms with Crippen molar-refractivity contribution in [3.05, 3.63) is 0 Å². The van der Waals surface area contributed by atoms with Gasteiger partial charge in [-0.25, -0.2) is 0 Å². The van der Waals surface area contributed by atoms with Gasteiger partial charge in [-0.1, -0.05) is 0 Å². The molecule has 0 unspecified atom stereocenters. The van der Waals surface area contributed by atoms with Crippen LogP contribution in [0.1, 0.15) is 0 Å². The molecule has 0 aliphatic carbocycles. The average molecular weight is 681 g/mol. The number of rotatable bonds is 0. The van der Waals surface area contributed by atoms with E-state index < -0.39 is 0 Å². The molecule has 0 atom stereocenters. The van der Waals surface area contributed by atoms with Gasteiger partial charge in [-0.05, 0) is 0 Å². The predicted octanol–water partition coefficient (Wildman–Crippen LogP) is -0.0220. The third-order valence-electron chi connectivity index (χ3n) is 0. The smallest absolute Gasteiger partial charge is 2.00 e. The van der Waals surface area contributed by atoms with Gasteiger partial charge in [0.15, 0.2) is 0 Å². The van der Waals surface area contributed by atoms with Crippen LogP contribution in [0.15, 0.2) is 0 Å². The van der Waals surface area contributed by atoms with Gasteiger partial charge >= 0.3 is 78.9 Å². The van der Waals surface area contributed by atoms with Gasteiger partial charge in [0.2, 0.25) is 0 Å². The molecule has 2 radical (unpaired) electrons. The van der Waals surface area contributed by atoms with Crippen molar-refractivity contribution in [3.8, 4) is 0 Å². The standard InChI is InChI=1S/2Au.2Cu.5S/q2*+3;2*+2;5*-2. The zero-order valence-electron chi connectivity index (χ0n) is 3.25. The first kappa shape index (κ1) is 110. The van der Waals surface area contributed by atoms with Crippen molar-refractivity contribution in [1.82, 2.24) is 0 Å². The van der Waals surface area contributed by atoms with Gasteiger partial charge in [0.05, 0.1) is 0 Å². The van der Waals surface area contributed by atoms with Crippen molar-refractivity contribution >= 4 is 67.5 Å². The van der Waals surface area contributed by atoms with Crippen molar-refractivity contribution in [2.75, 3.05) is 0 Å². The maximum absolute atomic E-state index is 0. The van der Waals surface area contributed by atoms with E-state index in [4.69, 9.17) is 0 Å². The summed E-state index contributed by atoms with van der Waals surface area (Å²) in [7, 11) is 0. The van der Waals surface area contributed by atoms with Crippen molar-refractivity contribution in [2.24, 2.45) is 0 Å². The summed E-state index contributed by atoms with van der Waals surface area (Å²) in [5, 5.41) is 0. The zero-order chi connectivity index (χ0) is 0. The molecule has 0 rings (SSSR count). The second-order valence-electron chi connectivity index (χ2n) is 0. The number of hydrogen-bond donors (Lipinski definition) is 0. The van der Waals surface area contributed by atoms with Crippen LogP contribution in [0.5, 0.6) is 0 Å². The van der Waals surface area contributed by atoms with Crippen LogP contribution in [-0.4, -0.2) is 0 Å². The first-order valence-corrected chi connectivity index (χ1v) is 0. The summed E-state index contributed by atoms with van der Waals surface area (Å²) in [5.74, 6) is 0. The van der Waals surface area contributed by atoms with Gasteiger partial charge in [0, 0.05) is 0 Å². The van der Waals surface area contributed by atoms with Gasteiger partial charge in [0.25, 0.3) is 0 Å². The monoisotopic (exact) mass is 680 g/mol. The molecule has 0 amide bonds. The summed E-state index contributed by atoms with van der Waals surface area (Å²) in [4.78, 5) is 0. The molecule has 0 aliphatic heterocycles. The fraction of sp³-hybridized carbons (Fsp3) is 0. The fourth-order valence-corrected chi connectivity index (χ4v) is 0. The maximum atomic E-state index is 0. The topological polar surface area (TPSA) is 0 Å². The Balaban J connectivity index is 0. The van der Waals surface area contributed by atoms with Gasteiger partial charge in [-0.15, -0.1) is 0 Å². The summed E-state index contributed by atoms with van der Waals surface area (Å²) >= 11 is 0. The molecule has 0 aromatic rings. The molecule has 0 fully saturated rings. The van der Waals surface area contributed by atoms with Crippen LogP contribution in [0.4, 0.5) is 0 Å². The molecule has 0 N–H and O–H groups in total. The summed E-state index contributed by atoms with van der Waals surface area (Å²) in [6.07, 6.45) is 0. The Kier molecular flexibility index (Phi) is 1040. The van der Waals surface area contributed by atoms with Crippen molar-refractivity contribution in [3.63, 3.8) is 0 Å². The largest absolute Gasteiger partial charge is 3.00 e. The van der Waals surface area contributed by atoms with E-state index >= 15 is 0 Å². The van der Waals surface area contributed by atoms with E-state index in [1.165, 1.54) is 0 Å². The normalized spacial score (nSPS) is 0.